The molecule has 0 aromatic heterocycles. The van der Waals surface area contributed by atoms with Crippen molar-refractivity contribution in [2.45, 2.75) is 52.2 Å². The van der Waals surface area contributed by atoms with Crippen molar-refractivity contribution >= 4 is 12.1 Å². The lowest BCUT2D eigenvalue weighted by molar-refractivity contribution is -0.156. The first-order chi connectivity index (χ1) is 7.55. The fraction of sp³-hybridized carbons (Fsp3) is 0.833. The van der Waals surface area contributed by atoms with E-state index in [9.17, 15) is 9.59 Å². The van der Waals surface area contributed by atoms with Crippen LogP contribution in [0.5, 0.6) is 0 Å². The van der Waals surface area contributed by atoms with E-state index in [0.717, 1.165) is 0 Å². The summed E-state index contributed by atoms with van der Waals surface area (Å²) < 4.78 is 5.22. The summed E-state index contributed by atoms with van der Waals surface area (Å²) in [6, 6.07) is -0.0362. The standard InChI is InChI=1S/C12H21NO4/c1-11(2,3)17-10(16)13(5)8-6-12(4,7-8)9(14)15/h8H,6-7H2,1-5H3,(H,14,15). The van der Waals surface area contributed by atoms with E-state index in [1.165, 1.54) is 4.90 Å². The Bertz CT molecular complexity index is 326. The minimum Gasteiger partial charge on any atom is -0.481 e. The quantitative estimate of drug-likeness (QED) is 0.806. The first-order valence-corrected chi connectivity index (χ1v) is 5.74. The molecule has 5 heteroatoms. The summed E-state index contributed by atoms with van der Waals surface area (Å²) >= 11 is 0. The Kier molecular flexibility index (Phi) is 3.41. The average molecular weight is 243 g/mol. The van der Waals surface area contributed by atoms with Crippen molar-refractivity contribution in [2.75, 3.05) is 7.05 Å². The van der Waals surface area contributed by atoms with Gasteiger partial charge >= 0.3 is 12.1 Å². The van der Waals surface area contributed by atoms with E-state index in [-0.39, 0.29) is 6.04 Å². The number of amides is 1. The summed E-state index contributed by atoms with van der Waals surface area (Å²) in [7, 11) is 1.65. The van der Waals surface area contributed by atoms with E-state index >= 15 is 0 Å². The van der Waals surface area contributed by atoms with E-state index in [2.05, 4.69) is 0 Å². The number of carboxylic acid groups (broad SMARTS) is 1. The molecule has 1 amide bonds. The second kappa shape index (κ2) is 4.20. The van der Waals surface area contributed by atoms with Gasteiger partial charge in [0.15, 0.2) is 0 Å². The van der Waals surface area contributed by atoms with Crippen LogP contribution in [0.1, 0.15) is 40.5 Å². The van der Waals surface area contributed by atoms with Crippen LogP contribution < -0.4 is 0 Å². The molecule has 0 unspecified atom stereocenters. The maximum Gasteiger partial charge on any atom is 0.410 e. The summed E-state index contributed by atoms with van der Waals surface area (Å²) in [4.78, 5) is 24.2. The van der Waals surface area contributed by atoms with Crippen LogP contribution in [0.3, 0.4) is 0 Å². The highest BCUT2D eigenvalue weighted by Gasteiger charge is 2.49. The van der Waals surface area contributed by atoms with Crippen LogP contribution in [0.4, 0.5) is 4.79 Å². The fourth-order valence-corrected chi connectivity index (χ4v) is 1.91. The van der Waals surface area contributed by atoms with Gasteiger partial charge in [0.1, 0.15) is 5.60 Å². The smallest absolute Gasteiger partial charge is 0.410 e. The number of hydrogen-bond acceptors (Lipinski definition) is 3. The summed E-state index contributed by atoms with van der Waals surface area (Å²) in [5, 5.41) is 8.98. The third-order valence-electron chi connectivity index (χ3n) is 3.12. The number of aliphatic carboxylic acids is 1. The van der Waals surface area contributed by atoms with Gasteiger partial charge in [-0.1, -0.05) is 0 Å². The number of carboxylic acids is 1. The highest BCUT2D eigenvalue weighted by atomic mass is 16.6. The Morgan fingerprint density at radius 1 is 1.35 bits per heavy atom. The number of rotatable bonds is 2. The monoisotopic (exact) mass is 243 g/mol. The van der Waals surface area contributed by atoms with E-state index in [1.807, 2.05) is 0 Å². The molecule has 0 heterocycles. The number of hydrogen-bond donors (Lipinski definition) is 1. The van der Waals surface area contributed by atoms with Gasteiger partial charge in [0.25, 0.3) is 0 Å². The molecule has 17 heavy (non-hydrogen) atoms. The third kappa shape index (κ3) is 3.11. The van der Waals surface area contributed by atoms with Gasteiger partial charge < -0.3 is 14.7 Å². The number of nitrogens with zero attached hydrogens (tertiary/aromatic N) is 1. The largest absolute Gasteiger partial charge is 0.481 e. The minimum atomic E-state index is -0.800. The molecule has 1 rings (SSSR count). The lowest BCUT2D eigenvalue weighted by Crippen LogP contribution is -2.54. The molecule has 98 valence electrons. The van der Waals surface area contributed by atoms with Crippen LogP contribution in [-0.2, 0) is 9.53 Å². The lowest BCUT2D eigenvalue weighted by Gasteiger charge is -2.45. The zero-order valence-corrected chi connectivity index (χ0v) is 11.1. The van der Waals surface area contributed by atoms with Gasteiger partial charge in [-0.2, -0.15) is 0 Å². The zero-order valence-electron chi connectivity index (χ0n) is 11.1. The molecule has 1 fully saturated rings. The van der Waals surface area contributed by atoms with E-state index < -0.39 is 23.1 Å². The molecule has 0 atom stereocenters. The van der Waals surface area contributed by atoms with Crippen molar-refractivity contribution in [3.05, 3.63) is 0 Å². The van der Waals surface area contributed by atoms with Crippen molar-refractivity contribution in [1.29, 1.82) is 0 Å². The fourth-order valence-electron chi connectivity index (χ4n) is 1.91. The predicted molar refractivity (Wildman–Crippen MR) is 62.8 cm³/mol. The van der Waals surface area contributed by atoms with Crippen molar-refractivity contribution < 1.29 is 19.4 Å². The van der Waals surface area contributed by atoms with Crippen molar-refractivity contribution in [3.63, 3.8) is 0 Å². The minimum absolute atomic E-state index is 0.0362. The van der Waals surface area contributed by atoms with Crippen LogP contribution in [0, 0.1) is 5.41 Å². The van der Waals surface area contributed by atoms with Crippen LogP contribution in [0.25, 0.3) is 0 Å². The third-order valence-corrected chi connectivity index (χ3v) is 3.12. The first kappa shape index (κ1) is 13.8. The summed E-state index contributed by atoms with van der Waals surface area (Å²) in [5.41, 5.74) is -1.22. The van der Waals surface area contributed by atoms with Gasteiger partial charge in [-0.25, -0.2) is 4.79 Å². The molecule has 1 N–H and O–H groups in total. The van der Waals surface area contributed by atoms with Crippen molar-refractivity contribution in [1.82, 2.24) is 4.90 Å². The Morgan fingerprint density at radius 3 is 2.18 bits per heavy atom. The van der Waals surface area contributed by atoms with E-state index in [0.29, 0.717) is 12.8 Å². The molecule has 0 aliphatic heterocycles. The normalized spacial score (nSPS) is 28.2. The summed E-state index contributed by atoms with van der Waals surface area (Å²) in [6.45, 7) is 7.12. The Balaban J connectivity index is 2.50. The second-order valence-corrected chi connectivity index (χ2v) is 6.02. The Labute approximate surface area is 102 Å². The molecule has 0 aromatic rings. The van der Waals surface area contributed by atoms with Gasteiger partial charge in [0.2, 0.25) is 0 Å². The predicted octanol–water partition coefficient (Wildman–Crippen LogP) is 2.11. The Hall–Kier alpha value is -1.26. The average Bonchev–Trinajstić information content (AvgIpc) is 2.08. The first-order valence-electron chi connectivity index (χ1n) is 5.74. The molecule has 0 saturated heterocycles. The lowest BCUT2D eigenvalue weighted by atomic mass is 9.66. The van der Waals surface area contributed by atoms with Crippen LogP contribution in [0.15, 0.2) is 0 Å². The molecule has 0 spiro atoms. The second-order valence-electron chi connectivity index (χ2n) is 6.02. The zero-order chi connectivity index (χ0) is 13.4. The maximum absolute atomic E-state index is 11.7. The summed E-state index contributed by atoms with van der Waals surface area (Å²) in [6.07, 6.45) is 0.575. The van der Waals surface area contributed by atoms with Crippen LogP contribution >= 0.6 is 0 Å². The van der Waals surface area contributed by atoms with Crippen molar-refractivity contribution in [2.24, 2.45) is 5.41 Å². The summed E-state index contributed by atoms with van der Waals surface area (Å²) in [5.74, 6) is -0.800. The molecule has 5 nitrogen and oxygen atoms in total. The highest BCUT2D eigenvalue weighted by Crippen LogP contribution is 2.43. The van der Waals surface area contributed by atoms with Crippen LogP contribution in [0.2, 0.25) is 0 Å². The molecule has 0 radical (unpaired) electrons. The highest BCUT2D eigenvalue weighted by molar-refractivity contribution is 5.76. The van der Waals surface area contributed by atoms with E-state index in [1.54, 1.807) is 34.7 Å². The molecular formula is C12H21NO4. The number of ether oxygens (including phenoxy) is 1. The van der Waals surface area contributed by atoms with Crippen molar-refractivity contribution in [3.8, 4) is 0 Å². The van der Waals surface area contributed by atoms with Gasteiger partial charge in [-0.05, 0) is 40.5 Å². The molecule has 0 bridgehead atoms. The SMILES string of the molecule is CN(C(=O)OC(C)(C)C)C1CC(C)(C(=O)O)C1. The van der Waals surface area contributed by atoms with Crippen LogP contribution in [-0.4, -0.2) is 40.8 Å². The van der Waals surface area contributed by atoms with Gasteiger partial charge in [0, 0.05) is 13.1 Å². The molecular weight excluding hydrogens is 222 g/mol. The number of carbonyl (C=O) groups excluding carboxylic acids is 1. The Morgan fingerprint density at radius 2 is 1.82 bits per heavy atom. The maximum atomic E-state index is 11.7. The van der Waals surface area contributed by atoms with Gasteiger partial charge in [-0.15, -0.1) is 0 Å². The van der Waals surface area contributed by atoms with E-state index in [4.69, 9.17) is 9.84 Å². The topological polar surface area (TPSA) is 66.8 Å². The molecule has 1 saturated carbocycles. The molecule has 1 aliphatic carbocycles. The van der Waals surface area contributed by atoms with Gasteiger partial charge in [-0.3, -0.25) is 4.79 Å². The number of carbonyl (C=O) groups is 2. The van der Waals surface area contributed by atoms with Gasteiger partial charge in [0.05, 0.1) is 5.41 Å². The molecule has 1 aliphatic rings. The molecule has 0 aromatic carbocycles.